The normalized spacial score (nSPS) is 10.8. The lowest BCUT2D eigenvalue weighted by molar-refractivity contribution is 0.217. The van der Waals surface area contributed by atoms with Crippen molar-refractivity contribution in [2.75, 3.05) is 30.7 Å². The van der Waals surface area contributed by atoms with Gasteiger partial charge in [0.25, 0.3) is 0 Å². The molecular weight excluding hydrogens is 276 g/mol. The van der Waals surface area contributed by atoms with E-state index in [0.29, 0.717) is 18.7 Å². The Bertz CT molecular complexity index is 601. The molecule has 1 rings (SSSR count). The highest BCUT2D eigenvalue weighted by Crippen LogP contribution is 2.19. The molecule has 0 aliphatic carbocycles. The third-order valence-corrected chi connectivity index (χ3v) is 3.88. The number of anilines is 1. The zero-order valence-electron chi connectivity index (χ0n) is 11.8. The Kier molecular flexibility index (Phi) is 6.52. The summed E-state index contributed by atoms with van der Waals surface area (Å²) in [6.45, 7) is 2.42. The fourth-order valence-corrected chi connectivity index (χ4v) is 2.65. The molecule has 0 fully saturated rings. The van der Waals surface area contributed by atoms with Gasteiger partial charge >= 0.3 is 0 Å². The zero-order valence-corrected chi connectivity index (χ0v) is 12.6. The molecule has 0 amide bonds. The van der Waals surface area contributed by atoms with E-state index >= 15 is 0 Å². The topological polar surface area (TPSA) is 81.4 Å². The summed E-state index contributed by atoms with van der Waals surface area (Å²) >= 11 is 0. The van der Waals surface area contributed by atoms with Gasteiger partial charge in [0.15, 0.2) is 0 Å². The summed E-state index contributed by atoms with van der Waals surface area (Å²) in [7, 11) is -1.92. The van der Waals surface area contributed by atoms with Gasteiger partial charge in [0.2, 0.25) is 10.0 Å². The third-order valence-electron chi connectivity index (χ3n) is 2.64. The molecule has 3 N–H and O–H groups in total. The van der Waals surface area contributed by atoms with Gasteiger partial charge in [0, 0.05) is 12.7 Å². The van der Waals surface area contributed by atoms with Gasteiger partial charge < -0.3 is 10.5 Å². The van der Waals surface area contributed by atoms with Crippen LogP contribution >= 0.6 is 0 Å². The number of nitrogens with one attached hydrogen (secondary N) is 1. The number of nitrogens with two attached hydrogens (primary N) is 1. The number of benzene rings is 1. The van der Waals surface area contributed by atoms with Crippen LogP contribution < -0.4 is 10.5 Å². The van der Waals surface area contributed by atoms with E-state index < -0.39 is 10.0 Å². The van der Waals surface area contributed by atoms with Crippen LogP contribution in [0.25, 0.3) is 0 Å². The predicted molar refractivity (Wildman–Crippen MR) is 81.0 cm³/mol. The second-order valence-electron chi connectivity index (χ2n) is 4.15. The molecule has 0 unspecified atom stereocenters. The smallest absolute Gasteiger partial charge is 0.235 e. The van der Waals surface area contributed by atoms with Gasteiger partial charge in [0.05, 0.1) is 24.6 Å². The molecule has 0 saturated heterocycles. The summed E-state index contributed by atoms with van der Waals surface area (Å²) in [4.78, 5) is 0. The van der Waals surface area contributed by atoms with Crippen molar-refractivity contribution in [1.29, 1.82) is 0 Å². The summed E-state index contributed by atoms with van der Waals surface area (Å²) in [5, 5.41) is 0. The highest BCUT2D eigenvalue weighted by molar-refractivity contribution is 7.92. The third kappa shape index (κ3) is 5.21. The minimum absolute atomic E-state index is 0.0681. The summed E-state index contributed by atoms with van der Waals surface area (Å²) < 4.78 is 31.1. The van der Waals surface area contributed by atoms with Gasteiger partial charge in [-0.15, -0.1) is 0 Å². The van der Waals surface area contributed by atoms with Gasteiger partial charge in [-0.25, -0.2) is 8.42 Å². The van der Waals surface area contributed by atoms with Gasteiger partial charge in [0.1, 0.15) is 0 Å². The average Bonchev–Trinajstić information content (AvgIpc) is 2.43. The van der Waals surface area contributed by atoms with Crippen molar-refractivity contribution < 1.29 is 13.2 Å². The first-order valence-electron chi connectivity index (χ1n) is 6.33. The highest BCUT2D eigenvalue weighted by Gasteiger charge is 2.12. The Hall–Kier alpha value is -1.55. The first-order valence-corrected chi connectivity index (χ1v) is 7.99. The zero-order chi connectivity index (χ0) is 15.0. The Morgan fingerprint density at radius 3 is 2.75 bits per heavy atom. The maximum absolute atomic E-state index is 11.8. The van der Waals surface area contributed by atoms with Crippen molar-refractivity contribution in [3.05, 3.63) is 29.3 Å². The van der Waals surface area contributed by atoms with Crippen LogP contribution in [0.3, 0.4) is 0 Å². The van der Waals surface area contributed by atoms with Crippen molar-refractivity contribution >= 4 is 15.7 Å². The number of ether oxygens (including phenoxy) is 1. The number of methoxy groups -OCH3 is 1. The molecule has 6 heteroatoms. The molecule has 0 atom stereocenters. The Labute approximate surface area is 120 Å². The van der Waals surface area contributed by atoms with E-state index in [2.05, 4.69) is 16.6 Å². The average molecular weight is 296 g/mol. The molecule has 0 aliphatic rings. The number of aryl methyl sites for hydroxylation is 1. The molecule has 0 radical (unpaired) electrons. The SMILES string of the molecule is CCc1cc(C#CCN)ccc1NS(=O)(=O)CCOC. The summed E-state index contributed by atoms with van der Waals surface area (Å²) in [6, 6.07) is 5.37. The first kappa shape index (κ1) is 16.5. The first-order chi connectivity index (χ1) is 9.52. The Morgan fingerprint density at radius 2 is 2.15 bits per heavy atom. The van der Waals surface area contributed by atoms with E-state index in [-0.39, 0.29) is 12.4 Å². The second kappa shape index (κ2) is 7.90. The molecule has 1 aromatic rings. The van der Waals surface area contributed by atoms with Crippen LogP contribution in [-0.4, -0.2) is 34.4 Å². The maximum Gasteiger partial charge on any atom is 0.235 e. The van der Waals surface area contributed by atoms with E-state index in [1.165, 1.54) is 7.11 Å². The lowest BCUT2D eigenvalue weighted by atomic mass is 10.1. The molecule has 0 aliphatic heterocycles. The van der Waals surface area contributed by atoms with Crippen molar-refractivity contribution in [3.8, 4) is 11.8 Å². The lowest BCUT2D eigenvalue weighted by Gasteiger charge is -2.12. The standard InChI is InChI=1S/C14H20N2O3S/c1-3-13-11-12(5-4-8-15)6-7-14(13)16-20(17,18)10-9-19-2/h6-7,11,16H,3,8-10,15H2,1-2H3. The minimum atomic E-state index is -3.39. The molecule has 110 valence electrons. The molecular formula is C14H20N2O3S. The molecule has 5 nitrogen and oxygen atoms in total. The monoisotopic (exact) mass is 296 g/mol. The van der Waals surface area contributed by atoms with Crippen LogP contribution in [0.4, 0.5) is 5.69 Å². The van der Waals surface area contributed by atoms with Crippen LogP contribution in [0.2, 0.25) is 0 Å². The minimum Gasteiger partial charge on any atom is -0.384 e. The number of rotatable bonds is 6. The van der Waals surface area contributed by atoms with E-state index in [0.717, 1.165) is 11.1 Å². The van der Waals surface area contributed by atoms with Gasteiger partial charge in [-0.2, -0.15) is 0 Å². The van der Waals surface area contributed by atoms with Gasteiger partial charge in [-0.1, -0.05) is 18.8 Å². The molecule has 0 saturated carbocycles. The summed E-state index contributed by atoms with van der Waals surface area (Å²) in [5.74, 6) is 5.64. The van der Waals surface area contributed by atoms with Crippen LogP contribution in [0.1, 0.15) is 18.1 Å². The van der Waals surface area contributed by atoms with Gasteiger partial charge in [-0.05, 0) is 30.2 Å². The van der Waals surface area contributed by atoms with E-state index in [1.54, 1.807) is 12.1 Å². The number of hydrogen-bond donors (Lipinski definition) is 2. The van der Waals surface area contributed by atoms with Crippen LogP contribution in [0, 0.1) is 11.8 Å². The molecule has 0 spiro atoms. The van der Waals surface area contributed by atoms with Crippen molar-refractivity contribution in [1.82, 2.24) is 0 Å². The predicted octanol–water partition coefficient (Wildman–Crippen LogP) is 0.947. The number of hydrogen-bond acceptors (Lipinski definition) is 4. The van der Waals surface area contributed by atoms with Crippen LogP contribution in [0.5, 0.6) is 0 Å². The van der Waals surface area contributed by atoms with E-state index in [9.17, 15) is 8.42 Å². The second-order valence-corrected chi connectivity index (χ2v) is 5.99. The van der Waals surface area contributed by atoms with E-state index in [1.807, 2.05) is 13.0 Å². The molecule has 0 bridgehead atoms. The molecule has 1 aromatic carbocycles. The maximum atomic E-state index is 11.8. The fraction of sp³-hybridized carbons (Fsp3) is 0.429. The molecule has 20 heavy (non-hydrogen) atoms. The largest absolute Gasteiger partial charge is 0.384 e. The van der Waals surface area contributed by atoms with Crippen LogP contribution in [-0.2, 0) is 21.2 Å². The van der Waals surface area contributed by atoms with Gasteiger partial charge in [-0.3, -0.25) is 4.72 Å². The van der Waals surface area contributed by atoms with Crippen LogP contribution in [0.15, 0.2) is 18.2 Å². The van der Waals surface area contributed by atoms with Crippen molar-refractivity contribution in [2.24, 2.45) is 5.73 Å². The Balaban J connectivity index is 2.96. The molecule has 0 heterocycles. The molecule has 0 aromatic heterocycles. The van der Waals surface area contributed by atoms with E-state index in [4.69, 9.17) is 10.5 Å². The quantitative estimate of drug-likeness (QED) is 0.766. The summed E-state index contributed by atoms with van der Waals surface area (Å²) in [5.41, 5.74) is 7.64. The Morgan fingerprint density at radius 1 is 1.40 bits per heavy atom. The number of sulfonamides is 1. The summed E-state index contributed by atoms with van der Waals surface area (Å²) in [6.07, 6.45) is 0.709. The lowest BCUT2D eigenvalue weighted by Crippen LogP contribution is -2.20. The fourth-order valence-electron chi connectivity index (χ4n) is 1.63. The van der Waals surface area contributed by atoms with Crippen molar-refractivity contribution in [2.45, 2.75) is 13.3 Å². The highest BCUT2D eigenvalue weighted by atomic mass is 32.2. The van der Waals surface area contributed by atoms with Crippen molar-refractivity contribution in [3.63, 3.8) is 0 Å².